The summed E-state index contributed by atoms with van der Waals surface area (Å²) in [6, 6.07) is 9.37. The molecule has 0 fully saturated rings. The van der Waals surface area contributed by atoms with Crippen LogP contribution in [-0.4, -0.2) is 24.6 Å². The Morgan fingerprint density at radius 3 is 2.84 bits per heavy atom. The molecule has 0 unspecified atom stereocenters. The minimum Gasteiger partial charge on any atom is -0.493 e. The highest BCUT2D eigenvalue weighted by molar-refractivity contribution is 9.10. The summed E-state index contributed by atoms with van der Waals surface area (Å²) in [5.74, 6) is 0.830. The molecule has 1 aromatic heterocycles. The number of amides is 1. The number of ether oxygens (including phenoxy) is 2. The topological polar surface area (TPSA) is 60.5 Å². The maximum Gasteiger partial charge on any atom is 0.257 e. The highest BCUT2D eigenvalue weighted by Gasteiger charge is 2.16. The Kier molecular flexibility index (Phi) is 5.24. The standard InChI is InChI=1S/C18H17BrN2O3S/c1-4-24-16-12(19)8-11(9-14(16)23-3)17(22)21-18-20-13-6-5-10(2)7-15(13)25-18/h5-9H,4H2,1-3H3,(H,20,21,22). The van der Waals surface area contributed by atoms with Crippen LogP contribution >= 0.6 is 27.3 Å². The summed E-state index contributed by atoms with van der Waals surface area (Å²) in [4.78, 5) is 17.0. The molecular weight excluding hydrogens is 404 g/mol. The Morgan fingerprint density at radius 1 is 1.32 bits per heavy atom. The van der Waals surface area contributed by atoms with Gasteiger partial charge in [-0.05, 0) is 59.6 Å². The lowest BCUT2D eigenvalue weighted by molar-refractivity contribution is 0.102. The highest BCUT2D eigenvalue weighted by Crippen LogP contribution is 2.37. The van der Waals surface area contributed by atoms with E-state index in [0.29, 0.717) is 33.3 Å². The van der Waals surface area contributed by atoms with E-state index in [1.54, 1.807) is 19.2 Å². The summed E-state index contributed by atoms with van der Waals surface area (Å²) in [5, 5.41) is 3.41. The molecule has 0 radical (unpaired) electrons. The molecule has 1 heterocycles. The first-order valence-corrected chi connectivity index (χ1v) is 9.31. The van der Waals surface area contributed by atoms with Gasteiger partial charge in [0.25, 0.3) is 5.91 Å². The van der Waals surface area contributed by atoms with Crippen LogP contribution < -0.4 is 14.8 Å². The number of fused-ring (bicyclic) bond motifs is 1. The van der Waals surface area contributed by atoms with Crippen LogP contribution in [0, 0.1) is 6.92 Å². The molecule has 0 aliphatic heterocycles. The molecule has 25 heavy (non-hydrogen) atoms. The van der Waals surface area contributed by atoms with Crippen LogP contribution in [0.2, 0.25) is 0 Å². The largest absolute Gasteiger partial charge is 0.493 e. The first kappa shape index (κ1) is 17.7. The summed E-state index contributed by atoms with van der Waals surface area (Å²) >= 11 is 4.88. The molecule has 1 amide bonds. The van der Waals surface area contributed by atoms with Gasteiger partial charge >= 0.3 is 0 Å². The van der Waals surface area contributed by atoms with Gasteiger partial charge < -0.3 is 9.47 Å². The number of carbonyl (C=O) groups excluding carboxylic acids is 1. The molecule has 3 rings (SSSR count). The third-order valence-electron chi connectivity index (χ3n) is 3.54. The third-order valence-corrected chi connectivity index (χ3v) is 5.07. The number of rotatable bonds is 5. The summed E-state index contributed by atoms with van der Waals surface area (Å²) in [6.45, 7) is 4.42. The van der Waals surface area contributed by atoms with Crippen LogP contribution in [0.1, 0.15) is 22.8 Å². The Hall–Kier alpha value is -2.12. The molecule has 7 heteroatoms. The number of halogens is 1. The number of benzene rings is 2. The first-order valence-electron chi connectivity index (χ1n) is 7.70. The Morgan fingerprint density at radius 2 is 2.12 bits per heavy atom. The molecule has 1 N–H and O–H groups in total. The Labute approximate surface area is 158 Å². The van der Waals surface area contributed by atoms with E-state index in [4.69, 9.17) is 9.47 Å². The predicted molar refractivity (Wildman–Crippen MR) is 104 cm³/mol. The van der Waals surface area contributed by atoms with Gasteiger partial charge in [0, 0.05) is 5.56 Å². The number of anilines is 1. The lowest BCUT2D eigenvalue weighted by Crippen LogP contribution is -2.12. The zero-order valence-corrected chi connectivity index (χ0v) is 16.5. The average molecular weight is 421 g/mol. The third kappa shape index (κ3) is 3.77. The van der Waals surface area contributed by atoms with Gasteiger partial charge in [0.05, 0.1) is 28.4 Å². The molecule has 0 aliphatic carbocycles. The number of methoxy groups -OCH3 is 1. The number of aryl methyl sites for hydroxylation is 1. The molecule has 3 aromatic rings. The minimum atomic E-state index is -0.252. The Bertz CT molecular complexity index is 939. The second kappa shape index (κ2) is 7.41. The van der Waals surface area contributed by atoms with Crippen LogP contribution in [-0.2, 0) is 0 Å². The molecule has 0 aliphatic rings. The predicted octanol–water partition coefficient (Wildman–Crippen LogP) is 5.03. The van der Waals surface area contributed by atoms with Crippen LogP contribution in [0.3, 0.4) is 0 Å². The molecule has 0 atom stereocenters. The number of carbonyl (C=O) groups is 1. The van der Waals surface area contributed by atoms with Crippen LogP contribution in [0.4, 0.5) is 5.13 Å². The van der Waals surface area contributed by atoms with Crippen molar-refractivity contribution in [1.82, 2.24) is 4.98 Å². The van der Waals surface area contributed by atoms with E-state index in [1.165, 1.54) is 11.3 Å². The van der Waals surface area contributed by atoms with Crippen molar-refractivity contribution < 1.29 is 14.3 Å². The fraction of sp³-hybridized carbons (Fsp3) is 0.222. The van der Waals surface area contributed by atoms with E-state index >= 15 is 0 Å². The zero-order valence-electron chi connectivity index (χ0n) is 14.1. The van der Waals surface area contributed by atoms with Crippen molar-refractivity contribution >= 4 is 48.5 Å². The van der Waals surface area contributed by atoms with Gasteiger partial charge in [0.1, 0.15) is 0 Å². The van der Waals surface area contributed by atoms with E-state index in [9.17, 15) is 4.79 Å². The van der Waals surface area contributed by atoms with Crippen molar-refractivity contribution in [2.45, 2.75) is 13.8 Å². The molecule has 0 spiro atoms. The van der Waals surface area contributed by atoms with E-state index in [1.807, 2.05) is 26.0 Å². The zero-order chi connectivity index (χ0) is 18.0. The van der Waals surface area contributed by atoms with Gasteiger partial charge in [-0.1, -0.05) is 17.4 Å². The van der Waals surface area contributed by atoms with Gasteiger partial charge in [0.15, 0.2) is 16.6 Å². The number of thiazole rings is 1. The van der Waals surface area contributed by atoms with Crippen molar-refractivity contribution in [3.05, 3.63) is 45.9 Å². The van der Waals surface area contributed by atoms with Crippen molar-refractivity contribution in [2.24, 2.45) is 0 Å². The van der Waals surface area contributed by atoms with Crippen molar-refractivity contribution in [3.8, 4) is 11.5 Å². The molecule has 0 saturated carbocycles. The van der Waals surface area contributed by atoms with Crippen LogP contribution in [0.15, 0.2) is 34.8 Å². The number of hydrogen-bond acceptors (Lipinski definition) is 5. The molecule has 2 aromatic carbocycles. The number of hydrogen-bond donors (Lipinski definition) is 1. The molecule has 5 nitrogen and oxygen atoms in total. The van der Waals surface area contributed by atoms with Gasteiger partial charge in [-0.25, -0.2) is 4.98 Å². The van der Waals surface area contributed by atoms with E-state index in [2.05, 4.69) is 32.3 Å². The second-order valence-electron chi connectivity index (χ2n) is 5.37. The van der Waals surface area contributed by atoms with Gasteiger partial charge in [-0.15, -0.1) is 0 Å². The summed E-state index contributed by atoms with van der Waals surface area (Å²) in [7, 11) is 1.54. The van der Waals surface area contributed by atoms with E-state index < -0.39 is 0 Å². The van der Waals surface area contributed by atoms with Crippen LogP contribution in [0.5, 0.6) is 11.5 Å². The van der Waals surface area contributed by atoms with Crippen LogP contribution in [0.25, 0.3) is 10.2 Å². The number of nitrogens with one attached hydrogen (secondary N) is 1. The van der Waals surface area contributed by atoms with Gasteiger partial charge in [0.2, 0.25) is 0 Å². The highest BCUT2D eigenvalue weighted by atomic mass is 79.9. The minimum absolute atomic E-state index is 0.252. The van der Waals surface area contributed by atoms with Gasteiger partial charge in [-0.3, -0.25) is 10.1 Å². The van der Waals surface area contributed by atoms with Crippen molar-refractivity contribution in [2.75, 3.05) is 19.0 Å². The number of nitrogens with zero attached hydrogens (tertiary/aromatic N) is 1. The SMILES string of the molecule is CCOc1c(Br)cc(C(=O)Nc2nc3ccc(C)cc3s2)cc1OC. The average Bonchev–Trinajstić information content (AvgIpc) is 2.97. The lowest BCUT2D eigenvalue weighted by Gasteiger charge is -2.13. The molecular formula is C18H17BrN2O3S. The first-order chi connectivity index (χ1) is 12.0. The van der Waals surface area contributed by atoms with E-state index in [0.717, 1.165) is 15.8 Å². The van der Waals surface area contributed by atoms with Crippen molar-refractivity contribution in [1.29, 1.82) is 0 Å². The fourth-order valence-electron chi connectivity index (χ4n) is 2.39. The van der Waals surface area contributed by atoms with E-state index in [-0.39, 0.29) is 5.91 Å². The number of aromatic nitrogens is 1. The van der Waals surface area contributed by atoms with Crippen molar-refractivity contribution in [3.63, 3.8) is 0 Å². The Balaban J connectivity index is 1.88. The fourth-order valence-corrected chi connectivity index (χ4v) is 3.91. The second-order valence-corrected chi connectivity index (χ2v) is 7.25. The lowest BCUT2D eigenvalue weighted by atomic mass is 10.2. The summed E-state index contributed by atoms with van der Waals surface area (Å²) < 4.78 is 12.6. The normalized spacial score (nSPS) is 10.7. The quantitative estimate of drug-likeness (QED) is 0.628. The monoisotopic (exact) mass is 420 g/mol. The molecule has 0 bridgehead atoms. The smallest absolute Gasteiger partial charge is 0.257 e. The summed E-state index contributed by atoms with van der Waals surface area (Å²) in [5.41, 5.74) is 2.49. The molecule has 130 valence electrons. The maximum absolute atomic E-state index is 12.6. The summed E-state index contributed by atoms with van der Waals surface area (Å²) in [6.07, 6.45) is 0. The molecule has 0 saturated heterocycles. The maximum atomic E-state index is 12.6. The van der Waals surface area contributed by atoms with Gasteiger partial charge in [-0.2, -0.15) is 0 Å².